The third-order valence-corrected chi connectivity index (χ3v) is 3.95. The Balaban J connectivity index is 1.75. The van der Waals surface area contributed by atoms with Gasteiger partial charge in [0.1, 0.15) is 5.82 Å². The van der Waals surface area contributed by atoms with E-state index in [1.807, 2.05) is 11.9 Å². The monoisotopic (exact) mass is 374 g/mol. The van der Waals surface area contributed by atoms with E-state index >= 15 is 0 Å². The second kappa shape index (κ2) is 7.54. The quantitative estimate of drug-likeness (QED) is 0.369. The molecule has 0 radical (unpaired) electrons. The molecule has 0 amide bonds. The lowest BCUT2D eigenvalue weighted by Gasteiger charge is -2.15. The number of benzene rings is 2. The van der Waals surface area contributed by atoms with Crippen molar-refractivity contribution in [1.29, 1.82) is 0 Å². The van der Waals surface area contributed by atoms with Crippen LogP contribution in [0.2, 0.25) is 0 Å². The Morgan fingerprint density at radius 1 is 1.31 bits per heavy atom. The summed E-state index contributed by atoms with van der Waals surface area (Å²) in [6, 6.07) is 12.2. The average Bonchev–Trinajstić information content (AvgIpc) is 2.97. The summed E-state index contributed by atoms with van der Waals surface area (Å²) in [7, 11) is 1.87. The van der Waals surface area contributed by atoms with Gasteiger partial charge in [0.25, 0.3) is 10.5 Å². The number of nitrogens with zero attached hydrogens (tertiary/aromatic N) is 4. The molecular weight excluding hydrogens is 359 g/mol. The van der Waals surface area contributed by atoms with E-state index in [0.717, 1.165) is 5.56 Å². The molecule has 26 heavy (non-hydrogen) atoms. The summed E-state index contributed by atoms with van der Waals surface area (Å²) < 4.78 is 19.9. The van der Waals surface area contributed by atoms with Crippen molar-refractivity contribution in [2.24, 2.45) is 0 Å². The molecule has 0 bridgehead atoms. The van der Waals surface area contributed by atoms with Crippen molar-refractivity contribution in [3.63, 3.8) is 0 Å². The largest absolute Gasteiger partial charge is 0.409 e. The van der Waals surface area contributed by atoms with E-state index in [1.165, 1.54) is 28.9 Å². The maximum absolute atomic E-state index is 13.0. The van der Waals surface area contributed by atoms with Crippen molar-refractivity contribution in [1.82, 2.24) is 14.7 Å². The van der Waals surface area contributed by atoms with Crippen molar-refractivity contribution >= 4 is 17.9 Å². The van der Waals surface area contributed by atoms with Crippen LogP contribution in [0.1, 0.15) is 5.56 Å². The fourth-order valence-corrected chi connectivity index (χ4v) is 2.62. The van der Waals surface area contributed by atoms with E-state index in [-0.39, 0.29) is 22.2 Å². The van der Waals surface area contributed by atoms with Crippen LogP contribution in [0.25, 0.3) is 11.5 Å². The van der Waals surface area contributed by atoms with Crippen molar-refractivity contribution < 1.29 is 13.7 Å². The van der Waals surface area contributed by atoms with Crippen LogP contribution in [0, 0.1) is 20.8 Å². The van der Waals surface area contributed by atoms with Gasteiger partial charge in [-0.15, -0.1) is 5.10 Å². The summed E-state index contributed by atoms with van der Waals surface area (Å²) in [5.41, 5.74) is 1.37. The minimum absolute atomic E-state index is 0.0494. The average molecular weight is 374 g/mol. The number of nitro groups is 1. The molecule has 0 aliphatic rings. The molecule has 0 N–H and O–H groups in total. The Morgan fingerprint density at radius 2 is 2.04 bits per heavy atom. The molecule has 2 aromatic carbocycles. The van der Waals surface area contributed by atoms with Crippen LogP contribution in [0.15, 0.2) is 52.9 Å². The van der Waals surface area contributed by atoms with Gasteiger partial charge in [0.2, 0.25) is 5.89 Å². The smallest absolute Gasteiger partial charge is 0.288 e. The van der Waals surface area contributed by atoms with E-state index in [9.17, 15) is 14.5 Å². The van der Waals surface area contributed by atoms with Crippen molar-refractivity contribution in [3.8, 4) is 11.5 Å². The predicted molar refractivity (Wildman–Crippen MR) is 95.3 cm³/mol. The first-order valence-electron chi connectivity index (χ1n) is 7.68. The van der Waals surface area contributed by atoms with Gasteiger partial charge in [0.05, 0.1) is 11.6 Å². The van der Waals surface area contributed by atoms with Crippen molar-refractivity contribution in [2.45, 2.75) is 13.2 Å². The van der Waals surface area contributed by atoms with Gasteiger partial charge in [-0.3, -0.25) is 15.0 Å². The van der Waals surface area contributed by atoms with E-state index in [2.05, 4.69) is 5.10 Å². The second-order valence-electron chi connectivity index (χ2n) is 5.76. The third kappa shape index (κ3) is 4.19. The Bertz CT molecular complexity index is 984. The van der Waals surface area contributed by atoms with E-state index in [4.69, 9.17) is 16.6 Å². The molecule has 0 saturated carbocycles. The lowest BCUT2D eigenvalue weighted by atomic mass is 10.2. The molecule has 0 atom stereocenters. The molecule has 0 spiro atoms. The van der Waals surface area contributed by atoms with Gasteiger partial charge >= 0.3 is 0 Å². The first-order valence-corrected chi connectivity index (χ1v) is 8.09. The number of non-ortho nitro benzene ring substituents is 1. The molecule has 7 nitrogen and oxygen atoms in total. The molecule has 0 aliphatic heterocycles. The molecule has 1 aromatic heterocycles. The van der Waals surface area contributed by atoms with Crippen LogP contribution < -0.4 is 0 Å². The van der Waals surface area contributed by atoms with Gasteiger partial charge in [-0.05, 0) is 43.0 Å². The highest BCUT2D eigenvalue weighted by molar-refractivity contribution is 7.71. The van der Waals surface area contributed by atoms with Gasteiger partial charge in [-0.1, -0.05) is 18.2 Å². The van der Waals surface area contributed by atoms with Crippen molar-refractivity contribution in [2.75, 3.05) is 7.05 Å². The lowest BCUT2D eigenvalue weighted by Crippen LogP contribution is -2.22. The van der Waals surface area contributed by atoms with Crippen molar-refractivity contribution in [3.05, 3.63) is 74.9 Å². The Morgan fingerprint density at radius 3 is 2.73 bits per heavy atom. The molecule has 1 heterocycles. The fourth-order valence-electron chi connectivity index (χ4n) is 2.44. The van der Waals surface area contributed by atoms with Gasteiger partial charge in [0, 0.05) is 24.2 Å². The molecule has 3 aromatic rings. The molecule has 0 fully saturated rings. The Labute approximate surface area is 153 Å². The summed E-state index contributed by atoms with van der Waals surface area (Å²) in [6.07, 6.45) is 0. The molecular formula is C17H15FN4O3S. The van der Waals surface area contributed by atoms with E-state index in [0.29, 0.717) is 18.8 Å². The van der Waals surface area contributed by atoms with Crippen LogP contribution in [0.5, 0.6) is 0 Å². The molecule has 0 aliphatic carbocycles. The predicted octanol–water partition coefficient (Wildman–Crippen LogP) is 4.01. The number of hydrogen-bond acceptors (Lipinski definition) is 6. The zero-order chi connectivity index (χ0) is 18.7. The Hall–Kier alpha value is -2.91. The van der Waals surface area contributed by atoms with Crippen LogP contribution >= 0.6 is 12.2 Å². The van der Waals surface area contributed by atoms with Gasteiger partial charge in [0.15, 0.2) is 0 Å². The van der Waals surface area contributed by atoms with E-state index < -0.39 is 4.92 Å². The van der Waals surface area contributed by atoms with Gasteiger partial charge in [-0.2, -0.15) is 0 Å². The SMILES string of the molecule is CN(Cc1ccc(F)cc1)Cn1nc(-c2cccc([N+](=O)[O-])c2)oc1=S. The standard InChI is InChI=1S/C17H15FN4O3S/c1-20(10-12-5-7-14(18)8-6-12)11-21-17(26)25-16(19-21)13-3-2-4-15(9-13)22(23)24/h2-9H,10-11H2,1H3. The Kier molecular flexibility index (Phi) is 5.19. The second-order valence-corrected chi connectivity index (χ2v) is 6.11. The molecule has 0 saturated heterocycles. The number of nitro benzene ring substituents is 1. The highest BCUT2D eigenvalue weighted by Crippen LogP contribution is 2.22. The maximum atomic E-state index is 13.0. The molecule has 134 valence electrons. The minimum atomic E-state index is -0.481. The van der Waals surface area contributed by atoms with Crippen LogP contribution in [-0.4, -0.2) is 26.7 Å². The van der Waals surface area contributed by atoms with E-state index in [1.54, 1.807) is 24.3 Å². The molecule has 9 heteroatoms. The number of rotatable bonds is 6. The zero-order valence-electron chi connectivity index (χ0n) is 13.8. The highest BCUT2D eigenvalue weighted by Gasteiger charge is 2.13. The topological polar surface area (TPSA) is 77.3 Å². The first-order chi connectivity index (χ1) is 12.4. The van der Waals surface area contributed by atoms with Crippen LogP contribution in [-0.2, 0) is 13.2 Å². The van der Waals surface area contributed by atoms with Crippen LogP contribution in [0.4, 0.5) is 10.1 Å². The summed E-state index contributed by atoms with van der Waals surface area (Å²) in [6.45, 7) is 0.926. The summed E-state index contributed by atoms with van der Waals surface area (Å²) in [5.74, 6) is -0.0643. The zero-order valence-corrected chi connectivity index (χ0v) is 14.6. The molecule has 0 unspecified atom stereocenters. The summed E-state index contributed by atoms with van der Waals surface area (Å²) in [4.78, 5) is 12.5. The fraction of sp³-hybridized carbons (Fsp3) is 0.176. The lowest BCUT2D eigenvalue weighted by molar-refractivity contribution is -0.384. The van der Waals surface area contributed by atoms with Crippen LogP contribution in [0.3, 0.4) is 0 Å². The molecule has 3 rings (SSSR count). The highest BCUT2D eigenvalue weighted by atomic mass is 32.1. The minimum Gasteiger partial charge on any atom is -0.409 e. The maximum Gasteiger partial charge on any atom is 0.288 e. The summed E-state index contributed by atoms with van der Waals surface area (Å²) in [5, 5.41) is 15.2. The first kappa shape index (κ1) is 17.9. The van der Waals surface area contributed by atoms with Gasteiger partial charge < -0.3 is 4.42 Å². The number of aromatic nitrogens is 2. The number of halogens is 1. The normalized spacial score (nSPS) is 11.0. The number of hydrogen-bond donors (Lipinski definition) is 0. The third-order valence-electron chi connectivity index (χ3n) is 3.65. The van der Waals surface area contributed by atoms with Gasteiger partial charge in [-0.25, -0.2) is 9.07 Å². The summed E-state index contributed by atoms with van der Waals surface area (Å²) >= 11 is 5.18.